The van der Waals surface area contributed by atoms with Gasteiger partial charge in [0, 0.05) is 19.0 Å². The van der Waals surface area contributed by atoms with Gasteiger partial charge in [-0.2, -0.15) is 0 Å². The van der Waals surface area contributed by atoms with Crippen LogP contribution < -0.4 is 5.32 Å². The highest BCUT2D eigenvalue weighted by Gasteiger charge is 2.45. The molecule has 1 heterocycles. The van der Waals surface area contributed by atoms with E-state index in [9.17, 15) is 9.59 Å². The van der Waals surface area contributed by atoms with Gasteiger partial charge in [0.25, 0.3) is 0 Å². The molecule has 3 unspecified atom stereocenters. The lowest BCUT2D eigenvalue weighted by molar-refractivity contribution is -0.135. The van der Waals surface area contributed by atoms with Crippen LogP contribution in [0.15, 0.2) is 0 Å². The highest BCUT2D eigenvalue weighted by atomic mass is 16.2. The van der Waals surface area contributed by atoms with Gasteiger partial charge in [-0.3, -0.25) is 9.59 Å². The first kappa shape index (κ1) is 12.4. The van der Waals surface area contributed by atoms with E-state index in [1.807, 2.05) is 18.7 Å². The summed E-state index contributed by atoms with van der Waals surface area (Å²) in [5, 5.41) is 2.84. The fraction of sp³-hybridized carbons (Fsp3) is 0.846. The summed E-state index contributed by atoms with van der Waals surface area (Å²) in [5.41, 5.74) is 0. The van der Waals surface area contributed by atoms with E-state index in [-0.39, 0.29) is 23.8 Å². The molecule has 0 radical (unpaired) electrons. The summed E-state index contributed by atoms with van der Waals surface area (Å²) in [7, 11) is 0. The number of hydrogen-bond acceptors (Lipinski definition) is 2. The first-order chi connectivity index (χ1) is 8.04. The van der Waals surface area contributed by atoms with Crippen molar-refractivity contribution in [3.05, 3.63) is 0 Å². The molecule has 17 heavy (non-hydrogen) atoms. The van der Waals surface area contributed by atoms with Crippen molar-refractivity contribution in [1.29, 1.82) is 0 Å². The van der Waals surface area contributed by atoms with Crippen LogP contribution in [0.5, 0.6) is 0 Å². The highest BCUT2D eigenvalue weighted by molar-refractivity contribution is 5.90. The lowest BCUT2D eigenvalue weighted by Crippen LogP contribution is -2.48. The van der Waals surface area contributed by atoms with Crippen molar-refractivity contribution in [2.45, 2.75) is 52.1 Å². The van der Waals surface area contributed by atoms with Crippen molar-refractivity contribution in [3.8, 4) is 0 Å². The SMILES string of the molecule is CCC1CC1N1CCC(=O)NC(C(C)C)C1=O. The van der Waals surface area contributed by atoms with Crippen LogP contribution in [0.3, 0.4) is 0 Å². The Hall–Kier alpha value is -1.06. The fourth-order valence-electron chi connectivity index (χ4n) is 2.65. The highest BCUT2D eigenvalue weighted by Crippen LogP contribution is 2.39. The van der Waals surface area contributed by atoms with Crippen LogP contribution in [-0.2, 0) is 9.59 Å². The molecular weight excluding hydrogens is 216 g/mol. The van der Waals surface area contributed by atoms with Crippen molar-refractivity contribution >= 4 is 11.8 Å². The van der Waals surface area contributed by atoms with Gasteiger partial charge in [0.2, 0.25) is 11.8 Å². The molecule has 2 rings (SSSR count). The molecule has 1 aliphatic heterocycles. The van der Waals surface area contributed by atoms with E-state index < -0.39 is 0 Å². The zero-order valence-electron chi connectivity index (χ0n) is 10.9. The van der Waals surface area contributed by atoms with E-state index in [0.29, 0.717) is 24.9 Å². The Labute approximate surface area is 103 Å². The summed E-state index contributed by atoms with van der Waals surface area (Å²) in [6.45, 7) is 6.72. The molecule has 4 nitrogen and oxygen atoms in total. The number of rotatable bonds is 3. The Morgan fingerprint density at radius 3 is 2.65 bits per heavy atom. The van der Waals surface area contributed by atoms with Crippen LogP contribution in [0.2, 0.25) is 0 Å². The van der Waals surface area contributed by atoms with Gasteiger partial charge in [-0.1, -0.05) is 27.2 Å². The monoisotopic (exact) mass is 238 g/mol. The van der Waals surface area contributed by atoms with Crippen molar-refractivity contribution in [3.63, 3.8) is 0 Å². The molecule has 1 saturated heterocycles. The molecule has 0 bridgehead atoms. The van der Waals surface area contributed by atoms with Gasteiger partial charge in [0.05, 0.1) is 0 Å². The molecule has 2 amide bonds. The minimum absolute atomic E-state index is 0.00764. The van der Waals surface area contributed by atoms with Crippen LogP contribution in [0, 0.1) is 11.8 Å². The maximum absolute atomic E-state index is 12.4. The van der Waals surface area contributed by atoms with E-state index in [0.717, 1.165) is 12.8 Å². The molecule has 0 aromatic rings. The van der Waals surface area contributed by atoms with E-state index in [1.54, 1.807) is 0 Å². The molecule has 2 aliphatic rings. The Kier molecular flexibility index (Phi) is 3.40. The summed E-state index contributed by atoms with van der Waals surface area (Å²) in [5.74, 6) is 0.936. The van der Waals surface area contributed by atoms with Crippen LogP contribution in [0.25, 0.3) is 0 Å². The topological polar surface area (TPSA) is 49.4 Å². The van der Waals surface area contributed by atoms with E-state index in [1.165, 1.54) is 0 Å². The molecule has 0 aromatic heterocycles. The molecule has 3 atom stereocenters. The van der Waals surface area contributed by atoms with Crippen LogP contribution >= 0.6 is 0 Å². The van der Waals surface area contributed by atoms with Gasteiger partial charge in [0.1, 0.15) is 6.04 Å². The number of carbonyl (C=O) groups excluding carboxylic acids is 2. The summed E-state index contributed by atoms with van der Waals surface area (Å²) in [4.78, 5) is 25.9. The summed E-state index contributed by atoms with van der Waals surface area (Å²) < 4.78 is 0. The molecule has 96 valence electrons. The number of nitrogens with one attached hydrogen (secondary N) is 1. The van der Waals surface area contributed by atoms with Crippen molar-refractivity contribution in [1.82, 2.24) is 10.2 Å². The number of carbonyl (C=O) groups is 2. The molecular formula is C13H22N2O2. The molecule has 1 saturated carbocycles. The standard InChI is InChI=1S/C13H22N2O2/c1-4-9-7-10(9)15-6-5-11(16)14-12(8(2)3)13(15)17/h8-10,12H,4-7H2,1-3H3,(H,14,16). The predicted molar refractivity (Wildman–Crippen MR) is 65.3 cm³/mol. The average Bonchev–Trinajstić information content (AvgIpc) is 3.04. The van der Waals surface area contributed by atoms with E-state index >= 15 is 0 Å². The molecule has 2 fully saturated rings. The summed E-state index contributed by atoms with van der Waals surface area (Å²) >= 11 is 0. The van der Waals surface area contributed by atoms with Gasteiger partial charge in [-0.05, 0) is 18.3 Å². The van der Waals surface area contributed by atoms with Gasteiger partial charge in [-0.15, -0.1) is 0 Å². The van der Waals surface area contributed by atoms with Crippen LogP contribution in [-0.4, -0.2) is 35.3 Å². The first-order valence-corrected chi connectivity index (χ1v) is 6.64. The minimum Gasteiger partial charge on any atom is -0.344 e. The van der Waals surface area contributed by atoms with Crippen LogP contribution in [0.1, 0.15) is 40.0 Å². The van der Waals surface area contributed by atoms with Gasteiger partial charge in [-0.25, -0.2) is 0 Å². The van der Waals surface area contributed by atoms with Crippen LogP contribution in [0.4, 0.5) is 0 Å². The van der Waals surface area contributed by atoms with Crippen molar-refractivity contribution in [2.75, 3.05) is 6.54 Å². The third kappa shape index (κ3) is 2.45. The number of amides is 2. The molecule has 0 aromatic carbocycles. The smallest absolute Gasteiger partial charge is 0.245 e. The Bertz CT molecular complexity index is 327. The van der Waals surface area contributed by atoms with Crippen molar-refractivity contribution < 1.29 is 9.59 Å². The quantitative estimate of drug-likeness (QED) is 0.802. The normalized spacial score (nSPS) is 33.6. The molecule has 0 spiro atoms. The zero-order valence-corrected chi connectivity index (χ0v) is 10.9. The second-order valence-electron chi connectivity index (χ2n) is 5.54. The number of nitrogens with zero attached hydrogens (tertiary/aromatic N) is 1. The van der Waals surface area contributed by atoms with E-state index in [2.05, 4.69) is 12.2 Å². The maximum atomic E-state index is 12.4. The van der Waals surface area contributed by atoms with Gasteiger partial charge >= 0.3 is 0 Å². The Morgan fingerprint density at radius 2 is 2.12 bits per heavy atom. The molecule has 1 aliphatic carbocycles. The van der Waals surface area contributed by atoms with E-state index in [4.69, 9.17) is 0 Å². The Balaban J connectivity index is 2.11. The maximum Gasteiger partial charge on any atom is 0.245 e. The lowest BCUT2D eigenvalue weighted by atomic mass is 10.0. The lowest BCUT2D eigenvalue weighted by Gasteiger charge is -2.26. The zero-order chi connectivity index (χ0) is 12.6. The number of hydrogen-bond donors (Lipinski definition) is 1. The van der Waals surface area contributed by atoms with Crippen molar-refractivity contribution in [2.24, 2.45) is 11.8 Å². The fourth-order valence-corrected chi connectivity index (χ4v) is 2.65. The average molecular weight is 238 g/mol. The largest absolute Gasteiger partial charge is 0.344 e. The van der Waals surface area contributed by atoms with Gasteiger partial charge in [0.15, 0.2) is 0 Å². The Morgan fingerprint density at radius 1 is 1.41 bits per heavy atom. The third-order valence-electron chi connectivity index (χ3n) is 3.92. The summed E-state index contributed by atoms with van der Waals surface area (Å²) in [6, 6.07) is 0.0598. The van der Waals surface area contributed by atoms with Gasteiger partial charge < -0.3 is 10.2 Å². The second kappa shape index (κ2) is 4.67. The second-order valence-corrected chi connectivity index (χ2v) is 5.54. The first-order valence-electron chi connectivity index (χ1n) is 6.64. The molecule has 4 heteroatoms. The molecule has 1 N–H and O–H groups in total. The third-order valence-corrected chi connectivity index (χ3v) is 3.92. The summed E-state index contributed by atoms with van der Waals surface area (Å²) in [6.07, 6.45) is 2.69. The predicted octanol–water partition coefficient (Wildman–Crippen LogP) is 1.16. The minimum atomic E-state index is -0.330.